The Labute approximate surface area is 333 Å². The van der Waals surface area contributed by atoms with Crippen molar-refractivity contribution < 1.29 is 28.6 Å². The molecule has 0 aliphatic heterocycles. The average molecular weight is 777 g/mol. The number of carbonyl (C=O) groups excluding carboxylic acids is 3. The molecule has 12 nitrogen and oxygen atoms in total. The van der Waals surface area contributed by atoms with Crippen LogP contribution in [0.15, 0.2) is 91.6 Å². The zero-order valence-corrected chi connectivity index (χ0v) is 33.0. The van der Waals surface area contributed by atoms with Crippen LogP contribution in [-0.4, -0.2) is 76.7 Å². The number of nitrogens with one attached hydrogen (secondary N) is 4. The highest BCUT2D eigenvalue weighted by atomic mass is 32.1. The van der Waals surface area contributed by atoms with E-state index in [2.05, 4.69) is 32.7 Å². The van der Waals surface area contributed by atoms with E-state index in [4.69, 9.17) is 14.2 Å². The van der Waals surface area contributed by atoms with E-state index in [9.17, 15) is 14.4 Å². The first-order chi connectivity index (χ1) is 25.5. The molecule has 1 aromatic heterocycles. The maximum atomic E-state index is 14.7. The van der Waals surface area contributed by atoms with Crippen molar-refractivity contribution in [1.29, 1.82) is 0 Å². The summed E-state index contributed by atoms with van der Waals surface area (Å²) in [5.74, 6) is -0.0150. The zero-order chi connectivity index (χ0) is 38.2. The molecule has 0 aliphatic rings. The Hall–Kier alpha value is -4.85. The highest BCUT2D eigenvalue weighted by Gasteiger charge is 2.30. The smallest absolute Gasteiger partial charge is 0.315 e. The molecule has 0 bridgehead atoms. The summed E-state index contributed by atoms with van der Waals surface area (Å²) in [7, 11) is 0. The molecule has 0 aliphatic carbocycles. The first-order valence-corrected chi connectivity index (χ1v) is 18.2. The van der Waals surface area contributed by atoms with Crippen LogP contribution in [0, 0.1) is 0 Å². The minimum absolute atomic E-state index is 0. The van der Waals surface area contributed by atoms with Gasteiger partial charge in [-0.25, -0.2) is 4.79 Å². The van der Waals surface area contributed by atoms with Crippen LogP contribution >= 0.6 is 13.5 Å². The Morgan fingerprint density at radius 3 is 2.25 bits per heavy atom. The maximum Gasteiger partial charge on any atom is 0.315 e. The van der Waals surface area contributed by atoms with Crippen LogP contribution in [0.2, 0.25) is 0 Å². The van der Waals surface area contributed by atoms with Crippen LogP contribution in [0.3, 0.4) is 0 Å². The summed E-state index contributed by atoms with van der Waals surface area (Å²) >= 11 is 0. The van der Waals surface area contributed by atoms with Gasteiger partial charge in [-0.2, -0.15) is 18.6 Å². The standard InChI is InChI=1S/C41H54N6O6.CH4.H2S/c1-7-14-33(44-40(50)42-25-30-15-11-10-12-16-30)24-36(48)45-35(23-29-19-21-34(22-20-29)53-41(4,5)6)39(49)47(28-37(51-8-2)52-9-3)27-32-18-13-17-31-26-43-46-38(31)32;;/h7,10-13,15-22,26,33,35,37H,1,8-9,14,23-25,27-28H2,2-6H3,(H,43,46)(H,45,48)(H2,42,44,50);1H4;1H2/t33-,35+;;/m1../s1. The lowest BCUT2D eigenvalue weighted by atomic mass is 10.0. The summed E-state index contributed by atoms with van der Waals surface area (Å²) in [5.41, 5.74) is 3.06. The van der Waals surface area contributed by atoms with Crippen molar-refractivity contribution in [3.63, 3.8) is 0 Å². The molecular weight excluding hydrogens is 717 g/mol. The average Bonchev–Trinajstić information content (AvgIpc) is 3.61. The molecule has 0 fully saturated rings. The number of urea groups is 1. The van der Waals surface area contributed by atoms with Gasteiger partial charge in [-0.3, -0.25) is 14.7 Å². The second kappa shape index (κ2) is 23.2. The molecule has 4 rings (SSSR count). The monoisotopic (exact) mass is 776 g/mol. The third-order valence-electron chi connectivity index (χ3n) is 8.25. The van der Waals surface area contributed by atoms with Gasteiger partial charge in [-0.1, -0.05) is 74.2 Å². The Kier molecular flexibility index (Phi) is 19.5. The van der Waals surface area contributed by atoms with Crippen molar-refractivity contribution in [2.75, 3.05) is 19.8 Å². The van der Waals surface area contributed by atoms with Gasteiger partial charge < -0.3 is 35.1 Å². The molecule has 3 aromatic carbocycles. The number of carbonyl (C=O) groups is 3. The number of hydrogen-bond donors (Lipinski definition) is 4. The molecule has 4 amide bonds. The quantitative estimate of drug-likeness (QED) is 0.0572. The Balaban J connectivity index is 0.00000523. The summed E-state index contributed by atoms with van der Waals surface area (Å²) < 4.78 is 17.8. The number of nitrogens with zero attached hydrogens (tertiary/aromatic N) is 2. The largest absolute Gasteiger partial charge is 0.488 e. The molecule has 55 heavy (non-hydrogen) atoms. The van der Waals surface area contributed by atoms with Crippen molar-refractivity contribution in [2.24, 2.45) is 0 Å². The van der Waals surface area contributed by atoms with Gasteiger partial charge in [-0.05, 0) is 69.9 Å². The highest BCUT2D eigenvalue weighted by molar-refractivity contribution is 7.59. The van der Waals surface area contributed by atoms with Gasteiger partial charge in [0.15, 0.2) is 6.29 Å². The van der Waals surface area contributed by atoms with E-state index in [0.717, 1.165) is 27.6 Å². The van der Waals surface area contributed by atoms with E-state index in [0.29, 0.717) is 31.9 Å². The number of H-pyrrole nitrogens is 1. The van der Waals surface area contributed by atoms with Gasteiger partial charge in [0.2, 0.25) is 11.8 Å². The molecule has 1 heterocycles. The van der Waals surface area contributed by atoms with E-state index in [1.54, 1.807) is 17.2 Å². The van der Waals surface area contributed by atoms with E-state index < -0.39 is 30.3 Å². The summed E-state index contributed by atoms with van der Waals surface area (Å²) in [6, 6.07) is 20.9. The molecule has 4 N–H and O–H groups in total. The van der Waals surface area contributed by atoms with Gasteiger partial charge in [0.25, 0.3) is 0 Å². The predicted molar refractivity (Wildman–Crippen MR) is 223 cm³/mol. The molecule has 0 spiro atoms. The number of fused-ring (bicyclic) bond motifs is 1. The van der Waals surface area contributed by atoms with E-state index in [1.165, 1.54) is 0 Å². The zero-order valence-electron chi connectivity index (χ0n) is 32.0. The lowest BCUT2D eigenvalue weighted by molar-refractivity contribution is -0.161. The lowest BCUT2D eigenvalue weighted by Crippen LogP contribution is -2.52. The van der Waals surface area contributed by atoms with E-state index >= 15 is 0 Å². The van der Waals surface area contributed by atoms with Gasteiger partial charge in [0, 0.05) is 50.6 Å². The molecule has 300 valence electrons. The van der Waals surface area contributed by atoms with Gasteiger partial charge >= 0.3 is 6.03 Å². The number of aromatic nitrogens is 2. The number of benzene rings is 3. The van der Waals surface area contributed by atoms with Gasteiger partial charge in [0.1, 0.15) is 17.4 Å². The van der Waals surface area contributed by atoms with Crippen LogP contribution in [0.25, 0.3) is 10.9 Å². The summed E-state index contributed by atoms with van der Waals surface area (Å²) in [6.07, 6.45) is 3.19. The molecular formula is C42H60N6O6S. The predicted octanol–water partition coefficient (Wildman–Crippen LogP) is 6.78. The first-order valence-electron chi connectivity index (χ1n) is 18.2. The fourth-order valence-electron chi connectivity index (χ4n) is 5.89. The fraction of sp³-hybridized carbons (Fsp3) is 0.429. The Morgan fingerprint density at radius 2 is 1.62 bits per heavy atom. The van der Waals surface area contributed by atoms with Crippen molar-refractivity contribution in [2.45, 2.75) is 98.4 Å². The molecule has 2 atom stereocenters. The minimum Gasteiger partial charge on any atom is -0.488 e. The third-order valence-corrected chi connectivity index (χ3v) is 8.25. The number of aromatic amines is 1. The van der Waals surface area contributed by atoms with Crippen LogP contribution < -0.4 is 20.7 Å². The van der Waals surface area contributed by atoms with Crippen LogP contribution in [0.4, 0.5) is 4.79 Å². The number of rotatable bonds is 20. The second-order valence-electron chi connectivity index (χ2n) is 13.7. The molecule has 0 saturated carbocycles. The highest BCUT2D eigenvalue weighted by Crippen LogP contribution is 2.22. The van der Waals surface area contributed by atoms with Crippen molar-refractivity contribution in [1.82, 2.24) is 31.0 Å². The molecule has 0 unspecified atom stereocenters. The lowest BCUT2D eigenvalue weighted by Gasteiger charge is -2.31. The SMILES string of the molecule is C.C=CC[C@H](CC(=O)N[C@@H](Cc1ccc(OC(C)(C)C)cc1)C(=O)N(Cc1cccc2cn[nH]c12)CC(OCC)OCC)NC(=O)NCc1ccccc1.S. The van der Waals surface area contributed by atoms with Crippen molar-refractivity contribution in [3.8, 4) is 5.75 Å². The Morgan fingerprint density at radius 1 is 0.927 bits per heavy atom. The van der Waals surface area contributed by atoms with Gasteiger partial charge in [-0.15, -0.1) is 6.58 Å². The normalized spacial score (nSPS) is 12.1. The number of ether oxygens (including phenoxy) is 3. The molecule has 4 aromatic rings. The molecule has 0 saturated heterocycles. The van der Waals surface area contributed by atoms with Crippen LogP contribution in [0.1, 0.15) is 71.6 Å². The molecule has 13 heteroatoms. The maximum absolute atomic E-state index is 14.7. The fourth-order valence-corrected chi connectivity index (χ4v) is 5.89. The third kappa shape index (κ3) is 15.4. The summed E-state index contributed by atoms with van der Waals surface area (Å²) in [5, 5.41) is 16.9. The first kappa shape index (κ1) is 46.3. The van der Waals surface area contributed by atoms with Crippen LogP contribution in [-0.2, 0) is 38.6 Å². The summed E-state index contributed by atoms with van der Waals surface area (Å²) in [4.78, 5) is 43.0. The van der Waals surface area contributed by atoms with Crippen molar-refractivity contribution in [3.05, 3.63) is 108 Å². The number of para-hydroxylation sites is 1. The van der Waals surface area contributed by atoms with Crippen molar-refractivity contribution >= 4 is 42.2 Å². The van der Waals surface area contributed by atoms with Crippen LogP contribution in [0.5, 0.6) is 5.75 Å². The van der Waals surface area contributed by atoms with Gasteiger partial charge in [0.05, 0.1) is 18.3 Å². The summed E-state index contributed by atoms with van der Waals surface area (Å²) in [6.45, 7) is 14.9. The Bertz CT molecular complexity index is 1760. The topological polar surface area (TPSA) is 147 Å². The minimum atomic E-state index is -0.960. The number of amides is 4. The number of hydrogen-bond acceptors (Lipinski definition) is 7. The van der Waals surface area contributed by atoms with E-state index in [-0.39, 0.29) is 58.4 Å². The molecule has 0 radical (unpaired) electrons. The second-order valence-corrected chi connectivity index (χ2v) is 13.7. The van der Waals surface area contributed by atoms with E-state index in [1.807, 2.05) is 107 Å².